The van der Waals surface area contributed by atoms with Gasteiger partial charge in [0.25, 0.3) is 11.8 Å². The van der Waals surface area contributed by atoms with Gasteiger partial charge in [0.2, 0.25) is 0 Å². The molecule has 4 heterocycles. The molecule has 1 fully saturated rings. The van der Waals surface area contributed by atoms with E-state index in [1.165, 1.54) is 0 Å². The Hall–Kier alpha value is -3.16. The van der Waals surface area contributed by atoms with E-state index in [4.69, 9.17) is 9.25 Å². The SMILES string of the molecule is Cc1cc(C(=O)N2CCCC3(CC(C(=O)NCc4ccncc4)=NO3)C2)c(C)o1. The fraction of sp³-hybridized carbons (Fsp3) is 0.429. The van der Waals surface area contributed by atoms with Crippen molar-refractivity contribution in [1.29, 1.82) is 0 Å². The van der Waals surface area contributed by atoms with Crippen LogP contribution in [0.15, 0.2) is 40.2 Å². The lowest BCUT2D eigenvalue weighted by Gasteiger charge is -2.38. The summed E-state index contributed by atoms with van der Waals surface area (Å²) in [4.78, 5) is 36.9. The quantitative estimate of drug-likeness (QED) is 0.856. The van der Waals surface area contributed by atoms with Crippen LogP contribution in [0, 0.1) is 13.8 Å². The number of pyridine rings is 1. The van der Waals surface area contributed by atoms with Crippen molar-refractivity contribution in [1.82, 2.24) is 15.2 Å². The van der Waals surface area contributed by atoms with Crippen LogP contribution in [-0.2, 0) is 16.2 Å². The highest BCUT2D eigenvalue weighted by Crippen LogP contribution is 2.34. The zero-order valence-corrected chi connectivity index (χ0v) is 16.6. The first-order valence-electron chi connectivity index (χ1n) is 9.74. The Bertz CT molecular complexity index is 953. The molecule has 0 aromatic carbocycles. The maximum absolute atomic E-state index is 12.9. The summed E-state index contributed by atoms with van der Waals surface area (Å²) in [6.45, 7) is 5.07. The van der Waals surface area contributed by atoms with Crippen LogP contribution in [0.2, 0.25) is 0 Å². The summed E-state index contributed by atoms with van der Waals surface area (Å²) in [5.41, 5.74) is 1.27. The lowest BCUT2D eigenvalue weighted by atomic mass is 9.87. The maximum atomic E-state index is 12.9. The van der Waals surface area contributed by atoms with Gasteiger partial charge >= 0.3 is 0 Å². The topological polar surface area (TPSA) is 97.0 Å². The number of aromatic nitrogens is 1. The molecule has 2 aromatic heterocycles. The van der Waals surface area contributed by atoms with E-state index in [1.54, 1.807) is 30.3 Å². The maximum Gasteiger partial charge on any atom is 0.269 e. The van der Waals surface area contributed by atoms with Crippen molar-refractivity contribution in [3.63, 3.8) is 0 Å². The second-order valence-corrected chi connectivity index (χ2v) is 7.68. The molecule has 0 bridgehead atoms. The van der Waals surface area contributed by atoms with E-state index in [0.717, 1.165) is 18.4 Å². The first kappa shape index (κ1) is 19.2. The molecule has 4 rings (SSSR count). The predicted molar refractivity (Wildman–Crippen MR) is 105 cm³/mol. The second kappa shape index (κ2) is 7.69. The largest absolute Gasteiger partial charge is 0.466 e. The van der Waals surface area contributed by atoms with Crippen molar-refractivity contribution in [2.45, 2.75) is 45.3 Å². The number of piperidine rings is 1. The van der Waals surface area contributed by atoms with E-state index in [9.17, 15) is 9.59 Å². The van der Waals surface area contributed by atoms with Crippen LogP contribution in [0.1, 0.15) is 46.7 Å². The fourth-order valence-electron chi connectivity index (χ4n) is 3.93. The summed E-state index contributed by atoms with van der Waals surface area (Å²) < 4.78 is 5.50. The minimum Gasteiger partial charge on any atom is -0.466 e. The van der Waals surface area contributed by atoms with Crippen molar-refractivity contribution in [3.8, 4) is 0 Å². The van der Waals surface area contributed by atoms with Gasteiger partial charge in [-0.25, -0.2) is 0 Å². The Morgan fingerprint density at radius 1 is 1.28 bits per heavy atom. The average Bonchev–Trinajstić information content (AvgIpc) is 3.29. The molecular weight excluding hydrogens is 372 g/mol. The molecule has 1 N–H and O–H groups in total. The lowest BCUT2D eigenvalue weighted by molar-refractivity contribution is -0.115. The number of likely N-dealkylation sites (tertiary alicyclic amines) is 1. The molecule has 8 nitrogen and oxygen atoms in total. The zero-order chi connectivity index (χ0) is 20.4. The molecular formula is C21H24N4O4. The molecule has 2 aromatic rings. The van der Waals surface area contributed by atoms with Gasteiger partial charge in [0.1, 0.15) is 17.2 Å². The molecule has 0 saturated carbocycles. The summed E-state index contributed by atoms with van der Waals surface area (Å²) in [5, 5.41) is 6.91. The number of nitrogens with one attached hydrogen (secondary N) is 1. The van der Waals surface area contributed by atoms with E-state index in [2.05, 4.69) is 15.5 Å². The highest BCUT2D eigenvalue weighted by Gasteiger charge is 2.45. The number of hydrogen-bond donors (Lipinski definition) is 1. The fourth-order valence-corrected chi connectivity index (χ4v) is 3.93. The van der Waals surface area contributed by atoms with Crippen molar-refractivity contribution in [2.24, 2.45) is 5.16 Å². The van der Waals surface area contributed by atoms with E-state index in [0.29, 0.717) is 48.9 Å². The Labute approximate surface area is 168 Å². The molecule has 2 aliphatic rings. The molecule has 2 amide bonds. The van der Waals surface area contributed by atoms with Gasteiger partial charge in [0.05, 0.1) is 12.1 Å². The number of rotatable bonds is 4. The second-order valence-electron chi connectivity index (χ2n) is 7.68. The number of oxime groups is 1. The van der Waals surface area contributed by atoms with Crippen LogP contribution >= 0.6 is 0 Å². The van der Waals surface area contributed by atoms with Gasteiger partial charge in [-0.15, -0.1) is 0 Å². The molecule has 2 aliphatic heterocycles. The van der Waals surface area contributed by atoms with Crippen LogP contribution in [0.25, 0.3) is 0 Å². The Balaban J connectivity index is 1.38. The molecule has 1 unspecified atom stereocenters. The Morgan fingerprint density at radius 2 is 2.07 bits per heavy atom. The molecule has 0 aliphatic carbocycles. The van der Waals surface area contributed by atoms with Crippen LogP contribution < -0.4 is 5.32 Å². The van der Waals surface area contributed by atoms with E-state index in [1.807, 2.05) is 19.1 Å². The van der Waals surface area contributed by atoms with Gasteiger partial charge < -0.3 is 19.5 Å². The van der Waals surface area contributed by atoms with Crippen LogP contribution in [0.4, 0.5) is 0 Å². The van der Waals surface area contributed by atoms with Crippen molar-refractivity contribution < 1.29 is 18.8 Å². The van der Waals surface area contributed by atoms with Gasteiger partial charge in [0, 0.05) is 31.9 Å². The standard InChI is InChI=1S/C21H24N4O4/c1-14-10-17(15(2)28-14)20(27)25-9-3-6-21(13-25)11-18(24-29-21)19(26)23-12-16-4-7-22-8-5-16/h4-5,7-8,10H,3,6,9,11-13H2,1-2H3,(H,23,26). The molecule has 1 saturated heterocycles. The summed E-state index contributed by atoms with van der Waals surface area (Å²) in [5.74, 6) is 1.01. The van der Waals surface area contributed by atoms with E-state index in [-0.39, 0.29) is 11.8 Å². The van der Waals surface area contributed by atoms with Crippen LogP contribution in [0.5, 0.6) is 0 Å². The minimum atomic E-state index is -0.635. The first-order valence-corrected chi connectivity index (χ1v) is 9.74. The molecule has 152 valence electrons. The molecule has 8 heteroatoms. The summed E-state index contributed by atoms with van der Waals surface area (Å²) in [7, 11) is 0. The smallest absolute Gasteiger partial charge is 0.269 e. The van der Waals surface area contributed by atoms with Gasteiger partial charge in [-0.3, -0.25) is 14.6 Å². The van der Waals surface area contributed by atoms with Gasteiger partial charge in [-0.2, -0.15) is 0 Å². The monoisotopic (exact) mass is 396 g/mol. The number of hydrogen-bond acceptors (Lipinski definition) is 6. The molecule has 29 heavy (non-hydrogen) atoms. The number of carbonyl (C=O) groups excluding carboxylic acids is 2. The first-order chi connectivity index (χ1) is 14.0. The third kappa shape index (κ3) is 4.01. The number of nitrogens with zero attached hydrogens (tertiary/aromatic N) is 3. The number of aryl methyl sites for hydroxylation is 2. The summed E-state index contributed by atoms with van der Waals surface area (Å²) in [6, 6.07) is 5.46. The molecule has 0 radical (unpaired) electrons. The average molecular weight is 396 g/mol. The summed E-state index contributed by atoms with van der Waals surface area (Å²) >= 11 is 0. The highest BCUT2D eigenvalue weighted by atomic mass is 16.7. The van der Waals surface area contributed by atoms with Crippen LogP contribution in [0.3, 0.4) is 0 Å². The molecule has 1 spiro atoms. The Kier molecular flexibility index (Phi) is 5.08. The number of amides is 2. The lowest BCUT2D eigenvalue weighted by Crippen LogP contribution is -2.51. The van der Waals surface area contributed by atoms with E-state index >= 15 is 0 Å². The van der Waals surface area contributed by atoms with Crippen molar-refractivity contribution >= 4 is 17.5 Å². The van der Waals surface area contributed by atoms with Gasteiger partial charge in [-0.05, 0) is 50.5 Å². The third-order valence-corrected chi connectivity index (χ3v) is 5.40. The Morgan fingerprint density at radius 3 is 2.79 bits per heavy atom. The normalized spacial score (nSPS) is 21.0. The van der Waals surface area contributed by atoms with Crippen molar-refractivity contribution in [2.75, 3.05) is 13.1 Å². The predicted octanol–water partition coefficient (Wildman–Crippen LogP) is 2.36. The van der Waals surface area contributed by atoms with Crippen molar-refractivity contribution in [3.05, 3.63) is 53.2 Å². The zero-order valence-electron chi connectivity index (χ0n) is 16.6. The van der Waals surface area contributed by atoms with Gasteiger partial charge in [-0.1, -0.05) is 5.16 Å². The number of carbonyl (C=O) groups is 2. The highest BCUT2D eigenvalue weighted by molar-refractivity contribution is 6.39. The molecule has 1 atom stereocenters. The number of furan rings is 1. The van der Waals surface area contributed by atoms with Crippen LogP contribution in [-0.4, -0.2) is 46.1 Å². The van der Waals surface area contributed by atoms with E-state index < -0.39 is 5.60 Å². The van der Waals surface area contributed by atoms with Gasteiger partial charge in [0.15, 0.2) is 5.60 Å². The minimum absolute atomic E-state index is 0.0717. The summed E-state index contributed by atoms with van der Waals surface area (Å²) in [6.07, 6.45) is 5.31. The third-order valence-electron chi connectivity index (χ3n) is 5.40.